The van der Waals surface area contributed by atoms with E-state index in [-0.39, 0.29) is 29.3 Å². The van der Waals surface area contributed by atoms with Crippen LogP contribution in [0.4, 0.5) is 5.69 Å². The van der Waals surface area contributed by atoms with Crippen molar-refractivity contribution < 1.29 is 50.2 Å². The van der Waals surface area contributed by atoms with Crippen LogP contribution in [0.25, 0.3) is 11.8 Å². The van der Waals surface area contributed by atoms with Gasteiger partial charge in [-0.1, -0.05) is 18.2 Å². The maximum Gasteiger partial charge on any atom is 0.354 e. The normalized spacial score (nSPS) is 15.9. The van der Waals surface area contributed by atoms with Gasteiger partial charge in [-0.3, -0.25) is 28.6 Å². The summed E-state index contributed by atoms with van der Waals surface area (Å²) in [6.07, 6.45) is 4.87. The lowest BCUT2D eigenvalue weighted by atomic mass is 10.1. The van der Waals surface area contributed by atoms with Crippen molar-refractivity contribution in [1.82, 2.24) is 9.78 Å². The van der Waals surface area contributed by atoms with Gasteiger partial charge in [-0.25, -0.2) is 9.48 Å². The first-order valence-corrected chi connectivity index (χ1v) is 14.2. The summed E-state index contributed by atoms with van der Waals surface area (Å²) < 4.78 is 68.9. The van der Waals surface area contributed by atoms with E-state index in [1.807, 2.05) is 0 Å². The van der Waals surface area contributed by atoms with Gasteiger partial charge in [-0.05, 0) is 54.6 Å². The molecule has 1 unspecified atom stereocenters. The fourth-order valence-corrected chi connectivity index (χ4v) is 4.71. The van der Waals surface area contributed by atoms with Crippen LogP contribution in [0, 0.1) is 5.92 Å². The molecule has 4 rings (SSSR count). The van der Waals surface area contributed by atoms with E-state index in [4.69, 9.17) is 13.8 Å². The number of hydrogen-bond donors (Lipinski definition) is 4. The van der Waals surface area contributed by atoms with Crippen molar-refractivity contribution in [3.05, 3.63) is 88.4 Å². The Morgan fingerprint density at radius 3 is 1.95 bits per heavy atom. The zero-order chi connectivity index (χ0) is 30.8. The Bertz CT molecular complexity index is 1940. The van der Waals surface area contributed by atoms with Gasteiger partial charge in [0.25, 0.3) is 38.2 Å². The molecule has 1 aliphatic rings. The second-order valence-electron chi connectivity index (χ2n) is 8.31. The number of hydrogen-bond acceptors (Lipinski definition) is 10. The summed E-state index contributed by atoms with van der Waals surface area (Å²) in [6.45, 7) is 0.0393. The molecule has 1 atom stereocenters. The summed E-state index contributed by atoms with van der Waals surface area (Å²) in [6, 6.07) is 8.82. The van der Waals surface area contributed by atoms with Gasteiger partial charge in [-0.2, -0.15) is 21.8 Å². The number of aromatic nitrogens is 2. The quantitative estimate of drug-likeness (QED) is 0.150. The SMILES string of the molecule is O=COC1=NN(c2ccc(S(=O)(=O)O)cc2)C(=O)C1C=CC=Cc1c(C(=O)O)[nH]n(-c2ccc(S(=O)(=O)O)cc2)c1=O. The zero-order valence-corrected chi connectivity index (χ0v) is 22.4. The van der Waals surface area contributed by atoms with Crippen LogP contribution in [0.1, 0.15) is 16.1 Å². The minimum atomic E-state index is -4.49. The fraction of sp³-hybridized carbons (Fsp3) is 0.0417. The lowest BCUT2D eigenvalue weighted by molar-refractivity contribution is -0.122. The number of anilines is 1. The van der Waals surface area contributed by atoms with E-state index >= 15 is 0 Å². The molecule has 1 aliphatic heterocycles. The molecule has 0 aliphatic carbocycles. The summed E-state index contributed by atoms with van der Waals surface area (Å²) >= 11 is 0. The van der Waals surface area contributed by atoms with Crippen LogP contribution in [0.5, 0.6) is 0 Å². The molecule has 1 aromatic heterocycles. The number of carbonyl (C=O) groups is 3. The third-order valence-electron chi connectivity index (χ3n) is 5.70. The number of aromatic carboxylic acids is 1. The molecule has 2 heterocycles. The number of benzene rings is 2. The largest absolute Gasteiger partial charge is 0.477 e. The van der Waals surface area contributed by atoms with Gasteiger partial charge in [0, 0.05) is 0 Å². The molecule has 0 saturated heterocycles. The van der Waals surface area contributed by atoms with Crippen LogP contribution in [0.15, 0.2) is 86.4 Å². The summed E-state index contributed by atoms with van der Waals surface area (Å²) in [5, 5.41) is 16.7. The Kier molecular flexibility index (Phi) is 8.07. The average Bonchev–Trinajstić information content (AvgIpc) is 3.42. The zero-order valence-electron chi connectivity index (χ0n) is 20.8. The highest BCUT2D eigenvalue weighted by atomic mass is 32.2. The van der Waals surface area contributed by atoms with E-state index in [9.17, 15) is 41.1 Å². The molecule has 0 bridgehead atoms. The standard InChI is InChI=1S/C24H18N4O12S2/c29-13-40-21-19(23(31)28(26-21)15-7-11-17(12-8-15)42(37,38)39)4-2-1-3-18-20(24(32)33)25-27(22(18)30)14-5-9-16(10-6-14)41(34,35)36/h1-13,19,25H,(H,32,33)(H,34,35,36)(H,37,38,39). The third kappa shape index (κ3) is 6.10. The summed E-state index contributed by atoms with van der Waals surface area (Å²) in [7, 11) is -8.97. The van der Waals surface area contributed by atoms with Crippen LogP contribution < -0.4 is 10.6 Å². The number of aromatic amines is 1. The Labute approximate surface area is 235 Å². The highest BCUT2D eigenvalue weighted by Gasteiger charge is 2.36. The number of rotatable bonds is 9. The first-order chi connectivity index (χ1) is 19.7. The molecular weight excluding hydrogens is 600 g/mol. The number of carboxylic acid groups (broad SMARTS) is 1. The average molecular weight is 619 g/mol. The highest BCUT2D eigenvalue weighted by molar-refractivity contribution is 7.86. The minimum absolute atomic E-state index is 0.0393. The van der Waals surface area contributed by atoms with E-state index in [0.29, 0.717) is 0 Å². The molecule has 0 radical (unpaired) electrons. The number of H-pyrrole nitrogens is 1. The summed E-state index contributed by atoms with van der Waals surface area (Å²) in [4.78, 5) is 47.7. The Balaban J connectivity index is 1.59. The molecule has 1 amide bonds. The molecule has 42 heavy (non-hydrogen) atoms. The van der Waals surface area contributed by atoms with E-state index in [1.54, 1.807) is 0 Å². The number of carboxylic acids is 1. The van der Waals surface area contributed by atoms with E-state index < -0.39 is 59.1 Å². The predicted molar refractivity (Wildman–Crippen MR) is 143 cm³/mol. The highest BCUT2D eigenvalue weighted by Crippen LogP contribution is 2.26. The summed E-state index contributed by atoms with van der Waals surface area (Å²) in [5.74, 6) is -3.76. The predicted octanol–water partition coefficient (Wildman–Crippen LogP) is 1.08. The second-order valence-corrected chi connectivity index (χ2v) is 11.2. The van der Waals surface area contributed by atoms with Gasteiger partial charge >= 0.3 is 5.97 Å². The van der Waals surface area contributed by atoms with Gasteiger partial charge in [0.05, 0.1) is 26.7 Å². The monoisotopic (exact) mass is 618 g/mol. The number of ether oxygens (including phenoxy) is 1. The van der Waals surface area contributed by atoms with Crippen molar-refractivity contribution in [1.29, 1.82) is 0 Å². The molecule has 18 heteroatoms. The van der Waals surface area contributed by atoms with Crippen molar-refractivity contribution in [3.63, 3.8) is 0 Å². The van der Waals surface area contributed by atoms with Crippen molar-refractivity contribution in [2.45, 2.75) is 9.79 Å². The molecule has 0 spiro atoms. The molecule has 3 aromatic rings. The number of allylic oxidation sites excluding steroid dienone is 2. The van der Waals surface area contributed by atoms with Gasteiger partial charge in [0.1, 0.15) is 5.92 Å². The van der Waals surface area contributed by atoms with Crippen molar-refractivity contribution in [3.8, 4) is 5.69 Å². The van der Waals surface area contributed by atoms with Crippen LogP contribution in [-0.2, 0) is 34.6 Å². The smallest absolute Gasteiger partial charge is 0.354 e. The Morgan fingerprint density at radius 1 is 0.905 bits per heavy atom. The molecule has 218 valence electrons. The molecule has 4 N–H and O–H groups in total. The Hall–Kier alpha value is -5.17. The van der Waals surface area contributed by atoms with E-state index in [2.05, 4.69) is 10.2 Å². The lowest BCUT2D eigenvalue weighted by Crippen LogP contribution is -2.26. The molecule has 16 nitrogen and oxygen atoms in total. The summed E-state index contributed by atoms with van der Waals surface area (Å²) in [5.41, 5.74) is -1.47. The van der Waals surface area contributed by atoms with Gasteiger partial charge in [0.15, 0.2) is 5.69 Å². The number of hydrazone groups is 1. The van der Waals surface area contributed by atoms with E-state index in [1.165, 1.54) is 42.5 Å². The van der Waals surface area contributed by atoms with Crippen molar-refractivity contribution in [2.24, 2.45) is 11.0 Å². The number of nitrogens with one attached hydrogen (secondary N) is 1. The van der Waals surface area contributed by atoms with Crippen LogP contribution in [-0.4, -0.2) is 65.1 Å². The number of nitrogens with zero attached hydrogens (tertiary/aromatic N) is 3. The maximum atomic E-state index is 13.0. The van der Waals surface area contributed by atoms with Gasteiger partial charge in [-0.15, -0.1) is 5.10 Å². The van der Waals surface area contributed by atoms with Crippen molar-refractivity contribution in [2.75, 3.05) is 5.01 Å². The van der Waals surface area contributed by atoms with Crippen LogP contribution in [0.3, 0.4) is 0 Å². The minimum Gasteiger partial charge on any atom is -0.477 e. The first-order valence-electron chi connectivity index (χ1n) is 11.3. The first kappa shape index (κ1) is 29.8. The third-order valence-corrected chi connectivity index (χ3v) is 7.43. The molecule has 0 fully saturated rings. The fourth-order valence-electron chi connectivity index (χ4n) is 3.75. The Morgan fingerprint density at radius 2 is 1.45 bits per heavy atom. The van der Waals surface area contributed by atoms with Gasteiger partial charge in [0.2, 0.25) is 5.90 Å². The number of amides is 1. The topological polar surface area (TPSA) is 243 Å². The lowest BCUT2D eigenvalue weighted by Gasteiger charge is -2.12. The second kappa shape index (κ2) is 11.4. The van der Waals surface area contributed by atoms with Gasteiger partial charge < -0.3 is 9.84 Å². The van der Waals surface area contributed by atoms with E-state index in [0.717, 1.165) is 40.0 Å². The molecular formula is C24H18N4O12S2. The molecule has 2 aromatic carbocycles. The maximum absolute atomic E-state index is 13.0. The molecule has 0 saturated carbocycles. The number of carbonyl (C=O) groups excluding carboxylic acids is 2. The van der Waals surface area contributed by atoms with Crippen molar-refractivity contribution >= 4 is 56.2 Å². The van der Waals surface area contributed by atoms with Crippen LogP contribution in [0.2, 0.25) is 0 Å². The van der Waals surface area contributed by atoms with Crippen LogP contribution >= 0.6 is 0 Å².